The Morgan fingerprint density at radius 3 is 2.33 bits per heavy atom. The van der Waals surface area contributed by atoms with Crippen molar-refractivity contribution < 1.29 is 23.0 Å². The highest BCUT2D eigenvalue weighted by Crippen LogP contribution is 2.36. The predicted molar refractivity (Wildman–Crippen MR) is 73.9 cm³/mol. The molecule has 118 valence electrons. The Labute approximate surface area is 122 Å². The molecule has 0 saturated heterocycles. The van der Waals surface area contributed by atoms with Crippen LogP contribution in [0.15, 0.2) is 24.3 Å². The third-order valence-corrected chi connectivity index (χ3v) is 4.04. The number of hydrogen-bond donors (Lipinski definition) is 1. The van der Waals surface area contributed by atoms with E-state index in [9.17, 15) is 18.3 Å². The fourth-order valence-electron chi connectivity index (χ4n) is 3.02. The first kappa shape index (κ1) is 16.1. The largest absolute Gasteiger partial charge is 0.573 e. The normalized spacial score (nSPS) is 19.0. The maximum absolute atomic E-state index is 12.4. The summed E-state index contributed by atoms with van der Waals surface area (Å²) in [6.07, 6.45) is 1.62. The summed E-state index contributed by atoms with van der Waals surface area (Å²) in [5, 5.41) is 10.3. The van der Waals surface area contributed by atoms with Gasteiger partial charge in [0.05, 0.1) is 6.10 Å². The van der Waals surface area contributed by atoms with Crippen molar-refractivity contribution in [3.63, 3.8) is 0 Å². The number of halogens is 3. The zero-order valence-corrected chi connectivity index (χ0v) is 11.9. The summed E-state index contributed by atoms with van der Waals surface area (Å²) in [7, 11) is 0. The van der Waals surface area contributed by atoms with Crippen LogP contribution in [0.4, 0.5) is 13.2 Å². The molecule has 0 aliphatic heterocycles. The molecule has 0 spiro atoms. The topological polar surface area (TPSA) is 29.5 Å². The molecule has 21 heavy (non-hydrogen) atoms. The molecule has 1 saturated carbocycles. The lowest BCUT2D eigenvalue weighted by Gasteiger charge is -2.21. The highest BCUT2D eigenvalue weighted by molar-refractivity contribution is 5.35. The number of ether oxygens (including phenoxy) is 1. The molecular weight excluding hydrogens is 281 g/mol. The Kier molecular flexibility index (Phi) is 5.51. The van der Waals surface area contributed by atoms with Gasteiger partial charge in [-0.3, -0.25) is 0 Å². The van der Waals surface area contributed by atoms with Gasteiger partial charge in [-0.25, -0.2) is 0 Å². The van der Waals surface area contributed by atoms with E-state index in [0.717, 1.165) is 25.7 Å². The van der Waals surface area contributed by atoms with Gasteiger partial charge in [-0.2, -0.15) is 0 Å². The number of alkyl halides is 3. The zero-order chi connectivity index (χ0) is 15.3. The van der Waals surface area contributed by atoms with E-state index in [-0.39, 0.29) is 11.3 Å². The fraction of sp³-hybridized carbons (Fsp3) is 0.625. The molecule has 1 aliphatic carbocycles. The number of aliphatic hydroxyl groups is 1. The molecule has 0 bridgehead atoms. The first-order valence-corrected chi connectivity index (χ1v) is 7.48. The van der Waals surface area contributed by atoms with Gasteiger partial charge in [-0.1, -0.05) is 56.7 Å². The van der Waals surface area contributed by atoms with E-state index >= 15 is 0 Å². The molecule has 0 heterocycles. The lowest BCUT2D eigenvalue weighted by atomic mass is 9.91. The first-order valence-electron chi connectivity index (χ1n) is 7.48. The van der Waals surface area contributed by atoms with E-state index in [1.165, 1.54) is 31.0 Å². The van der Waals surface area contributed by atoms with Crippen molar-refractivity contribution >= 4 is 0 Å². The smallest absolute Gasteiger partial charge is 0.405 e. The number of para-hydroxylation sites is 1. The summed E-state index contributed by atoms with van der Waals surface area (Å²) >= 11 is 0. The second-order valence-electron chi connectivity index (χ2n) is 5.69. The number of benzene rings is 1. The Hall–Kier alpha value is -1.23. The van der Waals surface area contributed by atoms with Gasteiger partial charge in [0, 0.05) is 5.56 Å². The Balaban J connectivity index is 2.05. The average molecular weight is 302 g/mol. The minimum Gasteiger partial charge on any atom is -0.405 e. The molecule has 0 radical (unpaired) electrons. The molecule has 0 amide bonds. The van der Waals surface area contributed by atoms with E-state index in [4.69, 9.17) is 0 Å². The highest BCUT2D eigenvalue weighted by Gasteiger charge is 2.33. The fourth-order valence-corrected chi connectivity index (χ4v) is 3.02. The summed E-state index contributed by atoms with van der Waals surface area (Å²) in [4.78, 5) is 0. The van der Waals surface area contributed by atoms with Gasteiger partial charge in [0.2, 0.25) is 0 Å². The second kappa shape index (κ2) is 7.16. The van der Waals surface area contributed by atoms with Gasteiger partial charge in [0.1, 0.15) is 5.75 Å². The van der Waals surface area contributed by atoms with E-state index in [2.05, 4.69) is 4.74 Å². The molecule has 1 atom stereocenters. The molecule has 1 aliphatic rings. The molecule has 1 unspecified atom stereocenters. The molecule has 1 aromatic carbocycles. The van der Waals surface area contributed by atoms with Crippen LogP contribution in [0, 0.1) is 5.92 Å². The SMILES string of the molecule is OC(CC1CCCCCC1)c1ccccc1OC(F)(F)F. The third-order valence-electron chi connectivity index (χ3n) is 4.04. The van der Waals surface area contributed by atoms with Crippen molar-refractivity contribution in [3.8, 4) is 5.75 Å². The van der Waals surface area contributed by atoms with E-state index in [0.29, 0.717) is 12.3 Å². The number of rotatable bonds is 4. The van der Waals surface area contributed by atoms with Crippen LogP contribution in [-0.2, 0) is 0 Å². The van der Waals surface area contributed by atoms with Crippen LogP contribution in [0.3, 0.4) is 0 Å². The number of aliphatic hydroxyl groups excluding tert-OH is 1. The summed E-state index contributed by atoms with van der Waals surface area (Å²) in [5.74, 6) is 0.0764. The zero-order valence-electron chi connectivity index (χ0n) is 11.9. The molecule has 2 nitrogen and oxygen atoms in total. The van der Waals surface area contributed by atoms with Gasteiger partial charge in [-0.15, -0.1) is 13.2 Å². The second-order valence-corrected chi connectivity index (χ2v) is 5.69. The van der Waals surface area contributed by atoms with Gasteiger partial charge in [-0.05, 0) is 18.4 Å². The van der Waals surface area contributed by atoms with Crippen LogP contribution >= 0.6 is 0 Å². The Morgan fingerprint density at radius 1 is 1.10 bits per heavy atom. The first-order chi connectivity index (χ1) is 9.96. The summed E-state index contributed by atoms with van der Waals surface area (Å²) in [6.45, 7) is 0. The molecule has 1 fully saturated rings. The monoisotopic (exact) mass is 302 g/mol. The standard InChI is InChI=1S/C16H21F3O2/c17-16(18,19)21-15-10-6-5-9-13(15)14(20)11-12-7-3-1-2-4-8-12/h5-6,9-10,12,14,20H,1-4,7-8,11H2. The summed E-state index contributed by atoms with van der Waals surface area (Å²) in [5.41, 5.74) is 0.221. The molecule has 1 N–H and O–H groups in total. The van der Waals surface area contributed by atoms with Gasteiger partial charge < -0.3 is 9.84 Å². The Morgan fingerprint density at radius 2 is 1.71 bits per heavy atom. The minimum atomic E-state index is -4.74. The van der Waals surface area contributed by atoms with Crippen LogP contribution in [0.5, 0.6) is 5.75 Å². The van der Waals surface area contributed by atoms with Crippen molar-refractivity contribution in [1.29, 1.82) is 0 Å². The predicted octanol–water partition coefficient (Wildman–Crippen LogP) is 4.98. The third kappa shape index (κ3) is 5.23. The van der Waals surface area contributed by atoms with Crippen molar-refractivity contribution in [2.24, 2.45) is 5.92 Å². The van der Waals surface area contributed by atoms with Crippen molar-refractivity contribution in [2.75, 3.05) is 0 Å². The van der Waals surface area contributed by atoms with Crippen molar-refractivity contribution in [3.05, 3.63) is 29.8 Å². The van der Waals surface area contributed by atoms with Crippen molar-refractivity contribution in [2.45, 2.75) is 57.4 Å². The lowest BCUT2D eigenvalue weighted by Crippen LogP contribution is -2.19. The molecule has 1 aromatic rings. The maximum Gasteiger partial charge on any atom is 0.573 e. The van der Waals surface area contributed by atoms with Crippen LogP contribution in [0.2, 0.25) is 0 Å². The molecule has 5 heteroatoms. The summed E-state index contributed by atoms with van der Waals surface area (Å²) < 4.78 is 41.2. The number of hydrogen-bond acceptors (Lipinski definition) is 2. The summed E-state index contributed by atoms with van der Waals surface area (Å²) in [6, 6.07) is 5.85. The Bertz CT molecular complexity index is 437. The van der Waals surface area contributed by atoms with Gasteiger partial charge >= 0.3 is 6.36 Å². The molecule has 0 aromatic heterocycles. The quantitative estimate of drug-likeness (QED) is 0.795. The van der Waals surface area contributed by atoms with E-state index in [1.807, 2.05) is 0 Å². The molecular formula is C16H21F3O2. The lowest BCUT2D eigenvalue weighted by molar-refractivity contribution is -0.275. The molecule has 2 rings (SSSR count). The van der Waals surface area contributed by atoms with E-state index < -0.39 is 12.5 Å². The average Bonchev–Trinajstić information content (AvgIpc) is 2.66. The van der Waals surface area contributed by atoms with Gasteiger partial charge in [0.25, 0.3) is 0 Å². The van der Waals surface area contributed by atoms with Gasteiger partial charge in [0.15, 0.2) is 0 Å². The highest BCUT2D eigenvalue weighted by atomic mass is 19.4. The van der Waals surface area contributed by atoms with Crippen LogP contribution < -0.4 is 4.74 Å². The van der Waals surface area contributed by atoms with E-state index in [1.54, 1.807) is 6.07 Å². The van der Waals surface area contributed by atoms with Crippen LogP contribution in [-0.4, -0.2) is 11.5 Å². The van der Waals surface area contributed by atoms with Crippen LogP contribution in [0.1, 0.15) is 56.6 Å². The minimum absolute atomic E-state index is 0.221. The van der Waals surface area contributed by atoms with Crippen LogP contribution in [0.25, 0.3) is 0 Å². The maximum atomic E-state index is 12.4. The van der Waals surface area contributed by atoms with Crippen molar-refractivity contribution in [1.82, 2.24) is 0 Å².